The highest BCUT2D eigenvalue weighted by Crippen LogP contribution is 1.95. The molecule has 0 aliphatic heterocycles. The Morgan fingerprint density at radius 1 is 1.27 bits per heavy atom. The molecule has 0 aromatic carbocycles. The Morgan fingerprint density at radius 3 is 2.73 bits per heavy atom. The van der Waals surface area contributed by atoms with Gasteiger partial charge in [-0.1, -0.05) is 38.8 Å². The summed E-state index contributed by atoms with van der Waals surface area (Å²) >= 11 is 0. The van der Waals surface area contributed by atoms with E-state index < -0.39 is 0 Å². The quantitative estimate of drug-likeness (QED) is 0.301. The average molecular weight is 306 g/mol. The van der Waals surface area contributed by atoms with Crippen molar-refractivity contribution in [1.82, 2.24) is 25.4 Å². The Hall–Kier alpha value is -1.85. The molecule has 0 unspecified atom stereocenters. The zero-order valence-corrected chi connectivity index (χ0v) is 14.2. The molecule has 124 valence electrons. The van der Waals surface area contributed by atoms with E-state index in [0.29, 0.717) is 6.54 Å². The summed E-state index contributed by atoms with van der Waals surface area (Å²) in [4.78, 5) is 4.54. The molecule has 0 radical (unpaired) electrons. The van der Waals surface area contributed by atoms with Crippen LogP contribution in [0.2, 0.25) is 0 Å². The van der Waals surface area contributed by atoms with E-state index in [4.69, 9.17) is 0 Å². The lowest BCUT2D eigenvalue weighted by atomic mass is 10.2. The van der Waals surface area contributed by atoms with Gasteiger partial charge in [-0.05, 0) is 13.3 Å². The Kier molecular flexibility index (Phi) is 8.95. The van der Waals surface area contributed by atoms with Gasteiger partial charge < -0.3 is 15.2 Å². The summed E-state index contributed by atoms with van der Waals surface area (Å²) in [5.74, 6) is 1.86. The molecule has 0 fully saturated rings. The maximum atomic E-state index is 4.54. The van der Waals surface area contributed by atoms with Crippen molar-refractivity contribution in [2.75, 3.05) is 19.6 Å². The molecule has 0 saturated heterocycles. The summed E-state index contributed by atoms with van der Waals surface area (Å²) in [6, 6.07) is 0. The number of aromatic nitrogens is 3. The van der Waals surface area contributed by atoms with E-state index in [1.807, 2.05) is 6.92 Å². The van der Waals surface area contributed by atoms with Gasteiger partial charge >= 0.3 is 0 Å². The second-order valence-corrected chi connectivity index (χ2v) is 5.48. The first-order valence-electron chi connectivity index (χ1n) is 8.20. The molecule has 0 bridgehead atoms. The Labute approximate surface area is 134 Å². The summed E-state index contributed by atoms with van der Waals surface area (Å²) in [7, 11) is 0. The van der Waals surface area contributed by atoms with E-state index in [1.165, 1.54) is 12.8 Å². The smallest absolute Gasteiger partial charge is 0.191 e. The van der Waals surface area contributed by atoms with Crippen LogP contribution in [0.15, 0.2) is 23.5 Å². The second kappa shape index (κ2) is 10.8. The third-order valence-electron chi connectivity index (χ3n) is 3.24. The molecule has 1 rings (SSSR count). The Bertz CT molecular complexity index is 463. The Balaban J connectivity index is 2.42. The minimum Gasteiger partial charge on any atom is -0.356 e. The van der Waals surface area contributed by atoms with Crippen LogP contribution in [-0.4, -0.2) is 40.4 Å². The molecule has 0 atom stereocenters. The van der Waals surface area contributed by atoms with Gasteiger partial charge in [-0.25, -0.2) is 4.99 Å². The minimum absolute atomic E-state index is 0.649. The third-order valence-corrected chi connectivity index (χ3v) is 3.24. The van der Waals surface area contributed by atoms with Crippen LogP contribution >= 0.6 is 0 Å². The van der Waals surface area contributed by atoms with Crippen molar-refractivity contribution < 1.29 is 0 Å². The molecule has 1 aromatic heterocycles. The zero-order valence-electron chi connectivity index (χ0n) is 14.2. The van der Waals surface area contributed by atoms with E-state index in [-0.39, 0.29) is 0 Å². The molecular weight excluding hydrogens is 276 g/mol. The van der Waals surface area contributed by atoms with Gasteiger partial charge in [-0.3, -0.25) is 0 Å². The molecule has 0 spiro atoms. The highest BCUT2D eigenvalue weighted by molar-refractivity contribution is 5.79. The van der Waals surface area contributed by atoms with Crippen molar-refractivity contribution in [3.05, 3.63) is 24.3 Å². The molecular formula is C16H30N6. The van der Waals surface area contributed by atoms with E-state index >= 15 is 0 Å². The van der Waals surface area contributed by atoms with Gasteiger partial charge in [0.25, 0.3) is 0 Å². The maximum absolute atomic E-state index is 4.54. The highest BCUT2D eigenvalue weighted by atomic mass is 15.3. The lowest BCUT2D eigenvalue weighted by Crippen LogP contribution is -2.39. The van der Waals surface area contributed by atoms with Gasteiger partial charge in [0.1, 0.15) is 12.2 Å². The number of hydrogen-bond acceptors (Lipinski definition) is 3. The van der Waals surface area contributed by atoms with Crippen LogP contribution in [0.25, 0.3) is 0 Å². The summed E-state index contributed by atoms with van der Waals surface area (Å²) in [6.07, 6.45) is 6.30. The largest absolute Gasteiger partial charge is 0.356 e. The van der Waals surface area contributed by atoms with Crippen LogP contribution in [0.3, 0.4) is 0 Å². The van der Waals surface area contributed by atoms with Crippen LogP contribution in [0.1, 0.15) is 45.9 Å². The third kappa shape index (κ3) is 7.24. The molecule has 6 heteroatoms. The number of unbranched alkanes of at least 4 members (excludes halogenated alkanes) is 2. The lowest BCUT2D eigenvalue weighted by Gasteiger charge is -2.13. The first-order chi connectivity index (χ1) is 10.7. The number of rotatable bonds is 10. The summed E-state index contributed by atoms with van der Waals surface area (Å²) in [5.41, 5.74) is 1.06. The first kappa shape index (κ1) is 18.2. The van der Waals surface area contributed by atoms with Crippen molar-refractivity contribution >= 4 is 5.96 Å². The molecule has 0 amide bonds. The highest BCUT2D eigenvalue weighted by Gasteiger charge is 2.02. The monoisotopic (exact) mass is 306 g/mol. The van der Waals surface area contributed by atoms with E-state index in [9.17, 15) is 0 Å². The fraction of sp³-hybridized carbons (Fsp3) is 0.688. The fourth-order valence-electron chi connectivity index (χ4n) is 2.00. The molecule has 6 nitrogen and oxygen atoms in total. The number of aliphatic imine (C=N–C) groups is 1. The predicted molar refractivity (Wildman–Crippen MR) is 92.0 cm³/mol. The lowest BCUT2D eigenvalue weighted by molar-refractivity contribution is 0.626. The van der Waals surface area contributed by atoms with Crippen LogP contribution in [0, 0.1) is 0 Å². The fourth-order valence-corrected chi connectivity index (χ4v) is 2.00. The number of aryl methyl sites for hydroxylation is 1. The van der Waals surface area contributed by atoms with Crippen molar-refractivity contribution in [3.8, 4) is 0 Å². The first-order valence-corrected chi connectivity index (χ1v) is 8.20. The number of hydrogen-bond donors (Lipinski definition) is 2. The summed E-state index contributed by atoms with van der Waals surface area (Å²) in [6.45, 7) is 13.4. The maximum Gasteiger partial charge on any atom is 0.191 e. The van der Waals surface area contributed by atoms with Gasteiger partial charge in [-0.2, -0.15) is 0 Å². The van der Waals surface area contributed by atoms with Crippen LogP contribution < -0.4 is 10.6 Å². The average Bonchev–Trinajstić information content (AvgIpc) is 2.95. The summed E-state index contributed by atoms with van der Waals surface area (Å²) < 4.78 is 2.07. The van der Waals surface area contributed by atoms with Crippen LogP contribution in [0.5, 0.6) is 0 Å². The van der Waals surface area contributed by atoms with Crippen molar-refractivity contribution in [2.45, 2.75) is 53.0 Å². The van der Waals surface area contributed by atoms with Crippen LogP contribution in [-0.2, 0) is 13.0 Å². The van der Waals surface area contributed by atoms with E-state index in [1.54, 1.807) is 6.33 Å². The normalized spacial score (nSPS) is 11.5. The van der Waals surface area contributed by atoms with Gasteiger partial charge in [0, 0.05) is 26.1 Å². The molecule has 1 heterocycles. The molecule has 0 aliphatic rings. The second-order valence-electron chi connectivity index (χ2n) is 5.48. The number of nitrogens with zero attached hydrogens (tertiary/aromatic N) is 4. The molecule has 22 heavy (non-hydrogen) atoms. The van der Waals surface area contributed by atoms with Crippen molar-refractivity contribution in [1.29, 1.82) is 0 Å². The zero-order chi connectivity index (χ0) is 16.2. The van der Waals surface area contributed by atoms with Crippen molar-refractivity contribution in [2.24, 2.45) is 4.99 Å². The SMILES string of the molecule is C=C(C)CN=C(NCCCCC)NCCn1cnnc1CC. The predicted octanol–water partition coefficient (Wildman–Crippen LogP) is 2.14. The minimum atomic E-state index is 0.649. The van der Waals surface area contributed by atoms with Gasteiger partial charge in [-0.15, -0.1) is 10.2 Å². The van der Waals surface area contributed by atoms with E-state index in [0.717, 1.165) is 49.8 Å². The van der Waals surface area contributed by atoms with Gasteiger partial charge in [0.2, 0.25) is 0 Å². The Morgan fingerprint density at radius 2 is 2.05 bits per heavy atom. The standard InChI is InChI=1S/C16H30N6/c1-5-7-8-9-17-16(19-12-14(3)4)18-10-11-22-13-20-21-15(22)6-2/h13H,3,5-12H2,1-2,4H3,(H2,17,18,19). The molecule has 2 N–H and O–H groups in total. The van der Waals surface area contributed by atoms with Gasteiger partial charge in [0.05, 0.1) is 6.54 Å². The molecule has 1 aromatic rings. The van der Waals surface area contributed by atoms with Crippen molar-refractivity contribution in [3.63, 3.8) is 0 Å². The van der Waals surface area contributed by atoms with E-state index in [2.05, 4.69) is 50.8 Å². The molecule has 0 aliphatic carbocycles. The van der Waals surface area contributed by atoms with Gasteiger partial charge in [0.15, 0.2) is 5.96 Å². The molecule has 0 saturated carbocycles. The summed E-state index contributed by atoms with van der Waals surface area (Å²) in [5, 5.41) is 14.8. The number of guanidine groups is 1. The van der Waals surface area contributed by atoms with Crippen LogP contribution in [0.4, 0.5) is 0 Å². The topological polar surface area (TPSA) is 67.1 Å². The number of nitrogens with one attached hydrogen (secondary N) is 2.